The van der Waals surface area contributed by atoms with Gasteiger partial charge in [-0.1, -0.05) is 30.3 Å². The van der Waals surface area contributed by atoms with Crippen LogP contribution in [0.4, 0.5) is 5.95 Å². The van der Waals surface area contributed by atoms with Gasteiger partial charge in [-0.3, -0.25) is 9.69 Å². The SMILES string of the molecule is CN(C)CCNc1nccc(C(=O)N2CCN(Cc3ccccc3)CC2)n1. The fraction of sp³-hybridized carbons (Fsp3) is 0.450. The highest BCUT2D eigenvalue weighted by Crippen LogP contribution is 2.11. The predicted molar refractivity (Wildman–Crippen MR) is 107 cm³/mol. The maximum absolute atomic E-state index is 12.8. The Labute approximate surface area is 161 Å². The molecule has 7 nitrogen and oxygen atoms in total. The highest BCUT2D eigenvalue weighted by Gasteiger charge is 2.23. The molecule has 0 saturated carbocycles. The Bertz CT molecular complexity index is 728. The van der Waals surface area contributed by atoms with Gasteiger partial charge in [0.15, 0.2) is 0 Å². The van der Waals surface area contributed by atoms with E-state index in [1.807, 2.05) is 25.1 Å². The van der Waals surface area contributed by atoms with Crippen LogP contribution in [0.2, 0.25) is 0 Å². The summed E-state index contributed by atoms with van der Waals surface area (Å²) in [7, 11) is 4.03. The van der Waals surface area contributed by atoms with Crippen LogP contribution in [0.1, 0.15) is 16.1 Å². The topological polar surface area (TPSA) is 64.6 Å². The minimum atomic E-state index is -0.0209. The summed E-state index contributed by atoms with van der Waals surface area (Å²) < 4.78 is 0. The third-order valence-electron chi connectivity index (χ3n) is 4.63. The lowest BCUT2D eigenvalue weighted by molar-refractivity contribution is 0.0622. The van der Waals surface area contributed by atoms with E-state index in [1.165, 1.54) is 5.56 Å². The number of piperazine rings is 1. The van der Waals surface area contributed by atoms with Gasteiger partial charge in [0.05, 0.1) is 0 Å². The molecular formula is C20H28N6O. The Morgan fingerprint density at radius 3 is 2.56 bits per heavy atom. The molecule has 2 aromatic rings. The number of likely N-dealkylation sites (N-methyl/N-ethyl adjacent to an activating group) is 1. The molecule has 1 N–H and O–H groups in total. The zero-order valence-corrected chi connectivity index (χ0v) is 16.1. The van der Waals surface area contributed by atoms with Crippen molar-refractivity contribution in [2.75, 3.05) is 58.7 Å². The van der Waals surface area contributed by atoms with E-state index in [1.54, 1.807) is 12.3 Å². The largest absolute Gasteiger partial charge is 0.353 e. The van der Waals surface area contributed by atoms with E-state index in [2.05, 4.69) is 49.4 Å². The molecular weight excluding hydrogens is 340 g/mol. The first kappa shape index (κ1) is 19.3. The monoisotopic (exact) mass is 368 g/mol. The van der Waals surface area contributed by atoms with E-state index in [0.717, 1.165) is 45.8 Å². The first-order chi connectivity index (χ1) is 13.1. The molecule has 0 spiro atoms. The quantitative estimate of drug-likeness (QED) is 0.797. The maximum atomic E-state index is 12.8. The number of anilines is 1. The molecule has 7 heteroatoms. The van der Waals surface area contributed by atoms with Crippen molar-refractivity contribution in [1.29, 1.82) is 0 Å². The van der Waals surface area contributed by atoms with Crippen LogP contribution in [-0.4, -0.2) is 83.9 Å². The second-order valence-corrected chi connectivity index (χ2v) is 7.05. The summed E-state index contributed by atoms with van der Waals surface area (Å²) in [6, 6.07) is 12.1. The molecule has 1 aliphatic heterocycles. The van der Waals surface area contributed by atoms with E-state index in [-0.39, 0.29) is 5.91 Å². The molecule has 0 atom stereocenters. The van der Waals surface area contributed by atoms with Crippen molar-refractivity contribution in [3.8, 4) is 0 Å². The number of carbonyl (C=O) groups is 1. The van der Waals surface area contributed by atoms with Gasteiger partial charge < -0.3 is 15.1 Å². The molecule has 1 aromatic carbocycles. The molecule has 3 rings (SSSR count). The summed E-state index contributed by atoms with van der Waals surface area (Å²) in [5.41, 5.74) is 1.76. The normalized spacial score (nSPS) is 15.1. The number of benzene rings is 1. The highest BCUT2D eigenvalue weighted by molar-refractivity contribution is 5.92. The van der Waals surface area contributed by atoms with Gasteiger partial charge in [0, 0.05) is 52.0 Å². The average Bonchev–Trinajstić information content (AvgIpc) is 2.69. The molecule has 0 aliphatic carbocycles. The summed E-state index contributed by atoms with van der Waals surface area (Å²) in [5, 5.41) is 3.17. The van der Waals surface area contributed by atoms with Crippen molar-refractivity contribution in [3.63, 3.8) is 0 Å². The van der Waals surface area contributed by atoms with Crippen molar-refractivity contribution in [2.45, 2.75) is 6.54 Å². The third-order valence-corrected chi connectivity index (χ3v) is 4.63. The van der Waals surface area contributed by atoms with Gasteiger partial charge in [-0.15, -0.1) is 0 Å². The molecule has 1 amide bonds. The molecule has 2 heterocycles. The van der Waals surface area contributed by atoms with Crippen LogP contribution in [0.15, 0.2) is 42.6 Å². The summed E-state index contributed by atoms with van der Waals surface area (Å²) in [5.74, 6) is 0.484. The number of hydrogen-bond donors (Lipinski definition) is 1. The van der Waals surface area contributed by atoms with Crippen molar-refractivity contribution in [2.24, 2.45) is 0 Å². The van der Waals surface area contributed by atoms with Crippen LogP contribution >= 0.6 is 0 Å². The van der Waals surface area contributed by atoms with Crippen molar-refractivity contribution in [3.05, 3.63) is 53.9 Å². The van der Waals surface area contributed by atoms with Crippen LogP contribution < -0.4 is 5.32 Å². The van der Waals surface area contributed by atoms with Gasteiger partial charge in [-0.2, -0.15) is 0 Å². The lowest BCUT2D eigenvalue weighted by atomic mass is 10.2. The predicted octanol–water partition coefficient (Wildman–Crippen LogP) is 1.41. The maximum Gasteiger partial charge on any atom is 0.272 e. The third kappa shape index (κ3) is 5.74. The van der Waals surface area contributed by atoms with E-state index in [9.17, 15) is 4.79 Å². The zero-order valence-electron chi connectivity index (χ0n) is 16.1. The number of carbonyl (C=O) groups excluding carboxylic acids is 1. The summed E-state index contributed by atoms with van der Waals surface area (Å²) >= 11 is 0. The average molecular weight is 368 g/mol. The van der Waals surface area contributed by atoms with Gasteiger partial charge >= 0.3 is 0 Å². The lowest BCUT2D eigenvalue weighted by Crippen LogP contribution is -2.48. The first-order valence-electron chi connectivity index (χ1n) is 9.39. The zero-order chi connectivity index (χ0) is 19.1. The van der Waals surface area contributed by atoms with Crippen LogP contribution in [0, 0.1) is 0 Å². The van der Waals surface area contributed by atoms with E-state index in [0.29, 0.717) is 11.6 Å². The smallest absolute Gasteiger partial charge is 0.272 e. The Hall–Kier alpha value is -2.51. The molecule has 0 unspecified atom stereocenters. The second kappa shape index (κ2) is 9.43. The number of nitrogens with zero attached hydrogens (tertiary/aromatic N) is 5. The minimum Gasteiger partial charge on any atom is -0.353 e. The van der Waals surface area contributed by atoms with Gasteiger partial charge in [-0.05, 0) is 25.7 Å². The summed E-state index contributed by atoms with van der Waals surface area (Å²) in [6.45, 7) is 5.74. The molecule has 27 heavy (non-hydrogen) atoms. The molecule has 1 aliphatic rings. The fourth-order valence-electron chi connectivity index (χ4n) is 3.07. The van der Waals surface area contributed by atoms with Gasteiger partial charge in [0.25, 0.3) is 5.91 Å². The Balaban J connectivity index is 1.51. The molecule has 0 bridgehead atoms. The molecule has 1 fully saturated rings. The molecule has 1 aromatic heterocycles. The first-order valence-corrected chi connectivity index (χ1v) is 9.39. The number of rotatable bonds is 7. The molecule has 144 valence electrons. The van der Waals surface area contributed by atoms with Crippen LogP contribution in [0.5, 0.6) is 0 Å². The molecule has 1 saturated heterocycles. The standard InChI is InChI=1S/C20H28N6O/c1-24(2)11-10-22-20-21-9-8-18(23-20)19(27)26-14-12-25(13-15-26)16-17-6-4-3-5-7-17/h3-9H,10-16H2,1-2H3,(H,21,22,23). The van der Waals surface area contributed by atoms with E-state index >= 15 is 0 Å². The van der Waals surface area contributed by atoms with Gasteiger partial charge in [-0.25, -0.2) is 9.97 Å². The Morgan fingerprint density at radius 1 is 1.11 bits per heavy atom. The Kier molecular flexibility index (Phi) is 6.73. The lowest BCUT2D eigenvalue weighted by Gasteiger charge is -2.34. The van der Waals surface area contributed by atoms with Crippen LogP contribution in [0.3, 0.4) is 0 Å². The minimum absolute atomic E-state index is 0.0209. The van der Waals surface area contributed by atoms with Gasteiger partial charge in [0.1, 0.15) is 5.69 Å². The van der Waals surface area contributed by atoms with Crippen molar-refractivity contribution >= 4 is 11.9 Å². The van der Waals surface area contributed by atoms with E-state index in [4.69, 9.17) is 0 Å². The summed E-state index contributed by atoms with van der Waals surface area (Å²) in [6.07, 6.45) is 1.64. The highest BCUT2D eigenvalue weighted by atomic mass is 16.2. The van der Waals surface area contributed by atoms with Crippen LogP contribution in [-0.2, 0) is 6.54 Å². The van der Waals surface area contributed by atoms with Crippen LogP contribution in [0.25, 0.3) is 0 Å². The van der Waals surface area contributed by atoms with E-state index < -0.39 is 0 Å². The van der Waals surface area contributed by atoms with Crippen molar-refractivity contribution < 1.29 is 4.79 Å². The summed E-state index contributed by atoms with van der Waals surface area (Å²) in [4.78, 5) is 27.7. The molecule has 0 radical (unpaired) electrons. The van der Waals surface area contributed by atoms with Gasteiger partial charge in [0.2, 0.25) is 5.95 Å². The number of nitrogens with one attached hydrogen (secondary N) is 1. The fourth-order valence-corrected chi connectivity index (χ4v) is 3.07. The Morgan fingerprint density at radius 2 is 1.85 bits per heavy atom. The number of hydrogen-bond acceptors (Lipinski definition) is 6. The second-order valence-electron chi connectivity index (χ2n) is 7.05. The van der Waals surface area contributed by atoms with Crippen molar-refractivity contribution in [1.82, 2.24) is 24.7 Å². The number of amides is 1. The number of aromatic nitrogens is 2.